The number of hydrogen-bond acceptors (Lipinski definition) is 8. The Balaban J connectivity index is 1.92. The van der Waals surface area contributed by atoms with Crippen molar-refractivity contribution < 1.29 is 43.3 Å². The topological polar surface area (TPSA) is 145 Å². The minimum Gasteiger partial charge on any atom is -0.478 e. The number of aliphatic carboxylic acids is 1. The van der Waals surface area contributed by atoms with Crippen LogP contribution >= 0.6 is 23.2 Å². The van der Waals surface area contributed by atoms with Crippen LogP contribution in [-0.4, -0.2) is 53.7 Å². The summed E-state index contributed by atoms with van der Waals surface area (Å²) in [4.78, 5) is 62.9. The maximum Gasteiger partial charge on any atom is 0.349 e. The summed E-state index contributed by atoms with van der Waals surface area (Å²) < 4.78 is 15.3. The first kappa shape index (κ1) is 29.2. The molecule has 0 spiro atoms. The number of ether oxygens (including phenoxy) is 3. The van der Waals surface area contributed by atoms with Gasteiger partial charge >= 0.3 is 23.9 Å². The molecule has 0 saturated heterocycles. The molecule has 0 saturated carbocycles. The smallest absolute Gasteiger partial charge is 0.349 e. The Kier molecular flexibility index (Phi) is 10.0. The molecule has 202 valence electrons. The number of benzene rings is 3. The van der Waals surface area contributed by atoms with Crippen molar-refractivity contribution >= 4 is 58.7 Å². The summed E-state index contributed by atoms with van der Waals surface area (Å²) in [6.45, 7) is 1.75. The predicted octanol–water partition coefficient (Wildman–Crippen LogP) is 4.64. The Labute approximate surface area is 232 Å². The van der Waals surface area contributed by atoms with Crippen molar-refractivity contribution in [2.75, 3.05) is 11.9 Å². The third-order valence-electron chi connectivity index (χ3n) is 5.05. The number of halogens is 2. The molecule has 0 fully saturated rings. The molecule has 0 aromatic heterocycles. The minimum absolute atomic E-state index is 0.0466. The Bertz CT molecular complexity index is 1370. The third-order valence-corrected chi connectivity index (χ3v) is 5.55. The maximum atomic E-state index is 13.3. The zero-order valence-corrected chi connectivity index (χ0v) is 21.8. The number of carbonyl (C=O) groups is 5. The molecule has 39 heavy (non-hydrogen) atoms. The van der Waals surface area contributed by atoms with Gasteiger partial charge in [-0.2, -0.15) is 0 Å². The molecule has 0 aliphatic rings. The second-order valence-electron chi connectivity index (χ2n) is 7.79. The minimum atomic E-state index is -2.25. The zero-order valence-electron chi connectivity index (χ0n) is 20.3. The standard InChI is InChI=1S/C27H21Cl2NO9/c1-2-37-25(34)17-4-3-5-20(14-17)30-23(31)21(38-26(35)15-6-10-18(28)11-7-15)22(24(32)33)39-27(36)16-8-12-19(29)13-9-16/h3-14,21-22H,2H2,1H3,(H,30,31)(H,32,33)/t21-,22-/m1/s1. The number of carboxylic acids is 1. The summed E-state index contributed by atoms with van der Waals surface area (Å²) in [5.74, 6) is -5.75. The molecule has 12 heteroatoms. The first-order valence-corrected chi connectivity index (χ1v) is 12.1. The molecule has 1 amide bonds. The van der Waals surface area contributed by atoms with Crippen molar-refractivity contribution in [2.45, 2.75) is 19.1 Å². The Morgan fingerprint density at radius 2 is 1.26 bits per heavy atom. The Morgan fingerprint density at radius 1 is 0.744 bits per heavy atom. The molecular formula is C27H21Cl2NO9. The molecular weight excluding hydrogens is 553 g/mol. The van der Waals surface area contributed by atoms with Gasteiger partial charge in [0.05, 0.1) is 23.3 Å². The van der Waals surface area contributed by atoms with Gasteiger partial charge < -0.3 is 24.6 Å². The lowest BCUT2D eigenvalue weighted by atomic mass is 10.1. The van der Waals surface area contributed by atoms with E-state index in [4.69, 9.17) is 37.4 Å². The molecule has 0 unspecified atom stereocenters. The van der Waals surface area contributed by atoms with Crippen LogP contribution in [0.4, 0.5) is 5.69 Å². The fourth-order valence-electron chi connectivity index (χ4n) is 3.18. The van der Waals surface area contributed by atoms with Crippen LogP contribution in [0.15, 0.2) is 72.8 Å². The van der Waals surface area contributed by atoms with E-state index < -0.39 is 42.0 Å². The highest BCUT2D eigenvalue weighted by molar-refractivity contribution is 6.31. The molecule has 0 radical (unpaired) electrons. The van der Waals surface area contributed by atoms with E-state index in [-0.39, 0.29) is 29.0 Å². The fraction of sp³-hybridized carbons (Fsp3) is 0.148. The van der Waals surface area contributed by atoms with Crippen LogP contribution in [0.25, 0.3) is 0 Å². The average molecular weight is 574 g/mol. The van der Waals surface area contributed by atoms with Gasteiger partial charge in [-0.3, -0.25) is 4.79 Å². The lowest BCUT2D eigenvalue weighted by Gasteiger charge is -2.23. The van der Waals surface area contributed by atoms with E-state index in [1.165, 1.54) is 72.8 Å². The van der Waals surface area contributed by atoms with Crippen LogP contribution < -0.4 is 5.32 Å². The molecule has 2 atom stereocenters. The largest absolute Gasteiger partial charge is 0.478 e. The van der Waals surface area contributed by atoms with Gasteiger partial charge in [-0.15, -0.1) is 0 Å². The van der Waals surface area contributed by atoms with Gasteiger partial charge in [-0.25, -0.2) is 19.2 Å². The van der Waals surface area contributed by atoms with Crippen molar-refractivity contribution in [3.05, 3.63) is 99.5 Å². The normalized spacial score (nSPS) is 12.0. The maximum absolute atomic E-state index is 13.3. The van der Waals surface area contributed by atoms with Crippen molar-refractivity contribution in [2.24, 2.45) is 0 Å². The van der Waals surface area contributed by atoms with Gasteiger partial charge in [0.25, 0.3) is 5.91 Å². The number of carboxylic acid groups (broad SMARTS) is 1. The van der Waals surface area contributed by atoms with Gasteiger partial charge in [0.1, 0.15) is 0 Å². The lowest BCUT2D eigenvalue weighted by Crippen LogP contribution is -2.48. The number of amides is 1. The first-order chi connectivity index (χ1) is 18.6. The number of carbonyl (C=O) groups excluding carboxylic acids is 4. The molecule has 0 aliphatic carbocycles. The molecule has 3 aromatic rings. The summed E-state index contributed by atoms with van der Waals surface area (Å²) in [6.07, 6.45) is -4.40. The highest BCUT2D eigenvalue weighted by atomic mass is 35.5. The second kappa shape index (κ2) is 13.4. The van der Waals surface area contributed by atoms with Crippen LogP contribution in [0, 0.1) is 0 Å². The number of anilines is 1. The van der Waals surface area contributed by atoms with E-state index in [0.717, 1.165) is 0 Å². The van der Waals surface area contributed by atoms with E-state index in [9.17, 15) is 29.1 Å². The molecule has 0 heterocycles. The molecule has 2 N–H and O–H groups in total. The second-order valence-corrected chi connectivity index (χ2v) is 8.67. The van der Waals surface area contributed by atoms with Crippen molar-refractivity contribution in [3.8, 4) is 0 Å². The summed E-state index contributed by atoms with van der Waals surface area (Å²) >= 11 is 11.7. The molecule has 0 aliphatic heterocycles. The third kappa shape index (κ3) is 8.03. The first-order valence-electron chi connectivity index (χ1n) is 11.3. The van der Waals surface area contributed by atoms with E-state index in [2.05, 4.69) is 5.32 Å². The van der Waals surface area contributed by atoms with Crippen LogP contribution in [0.5, 0.6) is 0 Å². The van der Waals surface area contributed by atoms with Gasteiger partial charge in [0.2, 0.25) is 12.2 Å². The highest BCUT2D eigenvalue weighted by Gasteiger charge is 2.41. The molecule has 3 aromatic carbocycles. The summed E-state index contributed by atoms with van der Waals surface area (Å²) in [7, 11) is 0. The van der Waals surface area contributed by atoms with Crippen molar-refractivity contribution in [3.63, 3.8) is 0 Å². The van der Waals surface area contributed by atoms with Gasteiger partial charge in [0, 0.05) is 15.7 Å². The fourth-order valence-corrected chi connectivity index (χ4v) is 3.44. The highest BCUT2D eigenvalue weighted by Crippen LogP contribution is 2.19. The number of hydrogen-bond donors (Lipinski definition) is 2. The van der Waals surface area contributed by atoms with Crippen molar-refractivity contribution in [1.29, 1.82) is 0 Å². The Morgan fingerprint density at radius 3 is 1.74 bits per heavy atom. The monoisotopic (exact) mass is 573 g/mol. The van der Waals surface area contributed by atoms with Crippen LogP contribution in [0.3, 0.4) is 0 Å². The number of esters is 3. The molecule has 10 nitrogen and oxygen atoms in total. The van der Waals surface area contributed by atoms with E-state index in [1.807, 2.05) is 0 Å². The average Bonchev–Trinajstić information content (AvgIpc) is 2.91. The predicted molar refractivity (Wildman–Crippen MR) is 140 cm³/mol. The lowest BCUT2D eigenvalue weighted by molar-refractivity contribution is -0.157. The van der Waals surface area contributed by atoms with Gasteiger partial charge in [-0.05, 0) is 73.7 Å². The summed E-state index contributed by atoms with van der Waals surface area (Å²) in [5, 5.41) is 12.9. The summed E-state index contributed by atoms with van der Waals surface area (Å²) in [5.41, 5.74) is 0.0604. The number of nitrogens with one attached hydrogen (secondary N) is 1. The molecule has 0 bridgehead atoms. The van der Waals surface area contributed by atoms with Crippen LogP contribution in [0.1, 0.15) is 38.0 Å². The quantitative estimate of drug-likeness (QED) is 0.261. The van der Waals surface area contributed by atoms with E-state index >= 15 is 0 Å². The van der Waals surface area contributed by atoms with Crippen LogP contribution in [0.2, 0.25) is 10.0 Å². The summed E-state index contributed by atoms with van der Waals surface area (Å²) in [6, 6.07) is 16.3. The SMILES string of the molecule is CCOC(=O)c1cccc(NC(=O)[C@H](OC(=O)c2ccc(Cl)cc2)[C@@H](OC(=O)c2ccc(Cl)cc2)C(=O)O)c1. The number of rotatable bonds is 10. The van der Waals surface area contributed by atoms with E-state index in [1.54, 1.807) is 6.92 Å². The molecule has 3 rings (SSSR count). The Hall–Kier alpha value is -4.41. The van der Waals surface area contributed by atoms with E-state index in [0.29, 0.717) is 10.0 Å². The van der Waals surface area contributed by atoms with Crippen molar-refractivity contribution in [1.82, 2.24) is 0 Å². The zero-order chi connectivity index (χ0) is 28.5. The van der Waals surface area contributed by atoms with Gasteiger partial charge in [-0.1, -0.05) is 29.3 Å². The van der Waals surface area contributed by atoms with Crippen LogP contribution in [-0.2, 0) is 23.8 Å². The van der Waals surface area contributed by atoms with Gasteiger partial charge in [0.15, 0.2) is 0 Å².